The molecular formula is C27H31ClN2O2. The van der Waals surface area contributed by atoms with E-state index in [2.05, 4.69) is 37.5 Å². The summed E-state index contributed by atoms with van der Waals surface area (Å²) in [6.45, 7) is 6.89. The van der Waals surface area contributed by atoms with E-state index in [0.717, 1.165) is 41.4 Å². The second-order valence-electron chi connectivity index (χ2n) is 8.99. The van der Waals surface area contributed by atoms with E-state index in [1.807, 2.05) is 42.5 Å². The van der Waals surface area contributed by atoms with E-state index in [4.69, 9.17) is 21.3 Å². The zero-order valence-electron chi connectivity index (χ0n) is 19.1. The Balaban J connectivity index is 1.60. The van der Waals surface area contributed by atoms with E-state index < -0.39 is 0 Å². The number of ether oxygens (including phenoxy) is 1. The molecule has 1 aliphatic carbocycles. The molecule has 1 aromatic heterocycles. The van der Waals surface area contributed by atoms with Crippen molar-refractivity contribution in [1.29, 1.82) is 0 Å². The van der Waals surface area contributed by atoms with Crippen LogP contribution in [0.2, 0.25) is 5.02 Å². The number of hydrogen-bond donors (Lipinski definition) is 0. The van der Waals surface area contributed by atoms with Crippen LogP contribution in [0.5, 0.6) is 0 Å². The summed E-state index contributed by atoms with van der Waals surface area (Å²) in [5, 5.41) is 0.733. The largest absolute Gasteiger partial charge is 0.461 e. The fourth-order valence-corrected chi connectivity index (χ4v) is 4.81. The van der Waals surface area contributed by atoms with Gasteiger partial charge in [-0.1, -0.05) is 67.9 Å². The summed E-state index contributed by atoms with van der Waals surface area (Å²) in [4.78, 5) is 17.8. The van der Waals surface area contributed by atoms with Gasteiger partial charge in [0.1, 0.15) is 12.4 Å². The monoisotopic (exact) mass is 450 g/mol. The van der Waals surface area contributed by atoms with Crippen molar-refractivity contribution in [2.24, 2.45) is 0 Å². The number of benzene rings is 2. The Morgan fingerprint density at radius 2 is 1.84 bits per heavy atom. The summed E-state index contributed by atoms with van der Waals surface area (Å²) in [6, 6.07) is 18.0. The van der Waals surface area contributed by atoms with E-state index in [1.54, 1.807) is 0 Å². The van der Waals surface area contributed by atoms with Crippen LogP contribution in [0.4, 0.5) is 0 Å². The average molecular weight is 451 g/mol. The summed E-state index contributed by atoms with van der Waals surface area (Å²) < 4.78 is 7.99. The van der Waals surface area contributed by atoms with Gasteiger partial charge in [0, 0.05) is 22.6 Å². The fourth-order valence-electron chi connectivity index (χ4n) is 4.68. The van der Waals surface area contributed by atoms with Gasteiger partial charge >= 0.3 is 5.97 Å². The number of aryl methyl sites for hydroxylation is 1. The van der Waals surface area contributed by atoms with Gasteiger partial charge in [0.05, 0.1) is 18.2 Å². The Bertz CT molecular complexity index is 1060. The van der Waals surface area contributed by atoms with E-state index in [9.17, 15) is 4.79 Å². The number of esters is 1. The lowest BCUT2D eigenvalue weighted by molar-refractivity contribution is -0.145. The number of fused-ring (bicyclic) bond motifs is 1. The Kier molecular flexibility index (Phi) is 7.00. The molecule has 1 aliphatic rings. The Morgan fingerprint density at radius 1 is 1.12 bits per heavy atom. The van der Waals surface area contributed by atoms with Crippen molar-refractivity contribution in [2.45, 2.75) is 70.9 Å². The maximum Gasteiger partial charge on any atom is 0.306 e. The number of nitrogens with zero attached hydrogens (tertiary/aromatic N) is 2. The maximum absolute atomic E-state index is 12.8. The molecule has 0 radical (unpaired) electrons. The summed E-state index contributed by atoms with van der Waals surface area (Å²) in [7, 11) is 0. The first-order valence-corrected chi connectivity index (χ1v) is 11.9. The molecule has 0 amide bonds. The summed E-state index contributed by atoms with van der Waals surface area (Å²) in [5.74, 6) is 1.35. The first kappa shape index (κ1) is 22.6. The zero-order valence-corrected chi connectivity index (χ0v) is 19.8. The van der Waals surface area contributed by atoms with E-state index >= 15 is 0 Å². The van der Waals surface area contributed by atoms with Gasteiger partial charge in [-0.25, -0.2) is 4.98 Å². The van der Waals surface area contributed by atoms with Gasteiger partial charge in [-0.2, -0.15) is 0 Å². The van der Waals surface area contributed by atoms with Crippen LogP contribution in [0.1, 0.15) is 86.3 Å². The molecule has 32 heavy (non-hydrogen) atoms. The van der Waals surface area contributed by atoms with Crippen molar-refractivity contribution in [3.05, 3.63) is 88.0 Å². The van der Waals surface area contributed by atoms with Crippen LogP contribution in [0.25, 0.3) is 0 Å². The predicted molar refractivity (Wildman–Crippen MR) is 128 cm³/mol. The normalized spacial score (nSPS) is 16.6. The van der Waals surface area contributed by atoms with Crippen molar-refractivity contribution < 1.29 is 9.53 Å². The fraction of sp³-hybridized carbons (Fsp3) is 0.407. The minimum atomic E-state index is -0.148. The molecule has 0 aliphatic heterocycles. The SMILES string of the molecule is CC(C)c1nc2c(n1[C@H](C)c1ccc(Cl)cc1)C(CC(=O)OCc1ccccc1)CCC2. The third-order valence-electron chi connectivity index (χ3n) is 6.32. The highest BCUT2D eigenvalue weighted by Crippen LogP contribution is 2.39. The topological polar surface area (TPSA) is 44.1 Å². The number of hydrogen-bond acceptors (Lipinski definition) is 3. The molecule has 2 aromatic carbocycles. The van der Waals surface area contributed by atoms with Gasteiger partial charge in [-0.15, -0.1) is 0 Å². The average Bonchev–Trinajstić information content (AvgIpc) is 3.19. The second kappa shape index (κ2) is 9.91. The Morgan fingerprint density at radius 3 is 2.53 bits per heavy atom. The molecule has 4 nitrogen and oxygen atoms in total. The zero-order chi connectivity index (χ0) is 22.7. The molecular weight excluding hydrogens is 420 g/mol. The Labute approximate surface area is 195 Å². The van der Waals surface area contributed by atoms with E-state index in [1.165, 1.54) is 11.3 Å². The lowest BCUT2D eigenvalue weighted by Gasteiger charge is -2.28. The lowest BCUT2D eigenvalue weighted by atomic mass is 9.86. The molecule has 0 N–H and O–H groups in total. The van der Waals surface area contributed by atoms with Crippen molar-refractivity contribution in [1.82, 2.24) is 9.55 Å². The van der Waals surface area contributed by atoms with Crippen LogP contribution < -0.4 is 0 Å². The van der Waals surface area contributed by atoms with E-state index in [0.29, 0.717) is 18.9 Å². The van der Waals surface area contributed by atoms with Crippen LogP contribution in [0.3, 0.4) is 0 Å². The van der Waals surface area contributed by atoms with Crippen molar-refractivity contribution in [2.75, 3.05) is 0 Å². The maximum atomic E-state index is 12.8. The van der Waals surface area contributed by atoms with Gasteiger partial charge in [0.25, 0.3) is 0 Å². The Hall–Kier alpha value is -2.59. The predicted octanol–water partition coefficient (Wildman–Crippen LogP) is 6.82. The molecule has 0 saturated carbocycles. The van der Waals surface area contributed by atoms with Gasteiger partial charge in [-0.3, -0.25) is 4.79 Å². The summed E-state index contributed by atoms with van der Waals surface area (Å²) >= 11 is 6.12. The number of carbonyl (C=O) groups is 1. The number of carbonyl (C=O) groups excluding carboxylic acids is 1. The van der Waals surface area contributed by atoms with Crippen LogP contribution in [-0.2, 0) is 22.6 Å². The first-order chi connectivity index (χ1) is 15.4. The minimum Gasteiger partial charge on any atom is -0.461 e. The molecule has 1 unspecified atom stereocenters. The van der Waals surface area contributed by atoms with Crippen LogP contribution in [0, 0.1) is 0 Å². The highest BCUT2D eigenvalue weighted by Gasteiger charge is 2.32. The van der Waals surface area contributed by atoms with Crippen LogP contribution in [-0.4, -0.2) is 15.5 Å². The molecule has 4 rings (SSSR count). The van der Waals surface area contributed by atoms with E-state index in [-0.39, 0.29) is 17.9 Å². The second-order valence-corrected chi connectivity index (χ2v) is 9.43. The minimum absolute atomic E-state index is 0.113. The standard InChI is InChI=1S/C27H31ClN2O2/c1-18(2)27-29-24-11-7-10-22(16-25(31)32-17-20-8-5-4-6-9-20)26(24)30(27)19(3)21-12-14-23(28)15-13-21/h4-6,8-9,12-15,18-19,22H,7,10-11,16-17H2,1-3H3/t19-,22?/m1/s1. The molecule has 3 aromatic rings. The van der Waals surface area contributed by atoms with Gasteiger partial charge < -0.3 is 9.30 Å². The summed E-state index contributed by atoms with van der Waals surface area (Å²) in [6.07, 6.45) is 3.37. The number of rotatable bonds is 7. The lowest BCUT2D eigenvalue weighted by Crippen LogP contribution is -2.21. The molecule has 2 atom stereocenters. The number of halogens is 1. The molecule has 0 saturated heterocycles. The number of aromatic nitrogens is 2. The van der Waals surface area contributed by atoms with Gasteiger partial charge in [0.15, 0.2) is 0 Å². The molecule has 0 fully saturated rings. The van der Waals surface area contributed by atoms with Crippen molar-refractivity contribution in [3.8, 4) is 0 Å². The highest BCUT2D eigenvalue weighted by molar-refractivity contribution is 6.30. The van der Waals surface area contributed by atoms with Crippen LogP contribution >= 0.6 is 11.6 Å². The molecule has 0 spiro atoms. The third-order valence-corrected chi connectivity index (χ3v) is 6.57. The smallest absolute Gasteiger partial charge is 0.306 e. The van der Waals surface area contributed by atoms with Crippen molar-refractivity contribution in [3.63, 3.8) is 0 Å². The summed E-state index contributed by atoms with van der Waals surface area (Å²) in [5.41, 5.74) is 4.54. The van der Waals surface area contributed by atoms with Gasteiger partial charge in [0.2, 0.25) is 0 Å². The first-order valence-electron chi connectivity index (χ1n) is 11.5. The van der Waals surface area contributed by atoms with Gasteiger partial charge in [-0.05, 0) is 49.4 Å². The van der Waals surface area contributed by atoms with Crippen molar-refractivity contribution >= 4 is 17.6 Å². The quantitative estimate of drug-likeness (QED) is 0.371. The molecule has 5 heteroatoms. The number of imidazole rings is 1. The highest BCUT2D eigenvalue weighted by atomic mass is 35.5. The molecule has 0 bridgehead atoms. The van der Waals surface area contributed by atoms with Crippen LogP contribution in [0.15, 0.2) is 54.6 Å². The molecule has 1 heterocycles. The molecule has 168 valence electrons. The third kappa shape index (κ3) is 4.91.